The molecule has 166 valence electrons. The van der Waals surface area contributed by atoms with Gasteiger partial charge in [0.15, 0.2) is 0 Å². The van der Waals surface area contributed by atoms with Crippen LogP contribution in [-0.4, -0.2) is 17.9 Å². The second kappa shape index (κ2) is 10.1. The molecule has 0 aliphatic carbocycles. The monoisotopic (exact) mass is 440 g/mol. The Hall–Kier alpha value is -3.61. The molecule has 2 atom stereocenters. The van der Waals surface area contributed by atoms with Crippen LogP contribution in [0.5, 0.6) is 0 Å². The minimum absolute atomic E-state index is 0.237. The van der Waals surface area contributed by atoms with Crippen LogP contribution in [0.25, 0.3) is 0 Å². The van der Waals surface area contributed by atoms with Crippen molar-refractivity contribution in [3.05, 3.63) is 107 Å². The number of rotatable bonds is 7. The Bertz CT molecular complexity index is 1050. The van der Waals surface area contributed by atoms with Gasteiger partial charge in [0, 0.05) is 12.0 Å². The number of hydrogen-bond acceptors (Lipinski definition) is 2. The molecule has 0 radical (unpaired) electrons. The molecule has 0 heterocycles. The average molecular weight is 440 g/mol. The average Bonchev–Trinajstić information content (AvgIpc) is 2.79. The zero-order chi connectivity index (χ0) is 23.1. The van der Waals surface area contributed by atoms with Crippen molar-refractivity contribution in [3.8, 4) is 0 Å². The number of hydrogen-bond donors (Lipinski definition) is 2. The van der Waals surface area contributed by atoms with Crippen LogP contribution in [0.1, 0.15) is 40.0 Å². The minimum atomic E-state index is -4.47. The highest BCUT2D eigenvalue weighted by molar-refractivity contribution is 5.97. The summed E-state index contributed by atoms with van der Waals surface area (Å²) in [6, 6.07) is 20.9. The number of alkyl halides is 3. The van der Waals surface area contributed by atoms with Crippen molar-refractivity contribution in [2.45, 2.75) is 31.6 Å². The first kappa shape index (κ1) is 23.1. The van der Waals surface area contributed by atoms with Gasteiger partial charge < -0.3 is 10.6 Å². The fourth-order valence-corrected chi connectivity index (χ4v) is 3.27. The molecular weight excluding hydrogens is 417 g/mol. The molecule has 0 aliphatic rings. The van der Waals surface area contributed by atoms with E-state index < -0.39 is 35.6 Å². The summed E-state index contributed by atoms with van der Waals surface area (Å²) >= 11 is 0. The molecule has 0 aliphatic heterocycles. The second-order valence-electron chi connectivity index (χ2n) is 7.44. The fraction of sp³-hybridized carbons (Fsp3) is 0.200. The third-order valence-electron chi connectivity index (χ3n) is 5.01. The van der Waals surface area contributed by atoms with Crippen LogP contribution in [0.4, 0.5) is 13.2 Å². The van der Waals surface area contributed by atoms with Crippen molar-refractivity contribution in [2.24, 2.45) is 0 Å². The van der Waals surface area contributed by atoms with E-state index in [0.29, 0.717) is 11.1 Å². The van der Waals surface area contributed by atoms with Crippen LogP contribution in [0, 0.1) is 0 Å². The van der Waals surface area contributed by atoms with Gasteiger partial charge in [-0.15, -0.1) is 0 Å². The highest BCUT2D eigenvalue weighted by atomic mass is 19.4. The van der Waals surface area contributed by atoms with Crippen molar-refractivity contribution >= 4 is 11.8 Å². The number of amides is 2. The molecule has 4 nitrogen and oxygen atoms in total. The summed E-state index contributed by atoms with van der Waals surface area (Å²) in [5, 5.41) is 5.47. The Morgan fingerprint density at radius 2 is 1.47 bits per heavy atom. The summed E-state index contributed by atoms with van der Waals surface area (Å²) < 4.78 is 39.1. The molecule has 0 saturated carbocycles. The molecule has 0 saturated heterocycles. The maximum atomic E-state index is 13.0. The van der Waals surface area contributed by atoms with Gasteiger partial charge in [-0.1, -0.05) is 60.7 Å². The maximum absolute atomic E-state index is 13.0. The lowest BCUT2D eigenvalue weighted by Gasteiger charge is -2.22. The summed E-state index contributed by atoms with van der Waals surface area (Å²) in [5.41, 5.74) is 0.785. The first-order chi connectivity index (χ1) is 15.2. The molecule has 3 aromatic carbocycles. The lowest BCUT2D eigenvalue weighted by Crippen LogP contribution is -2.48. The van der Waals surface area contributed by atoms with Crippen molar-refractivity contribution in [1.29, 1.82) is 0 Å². The topological polar surface area (TPSA) is 58.2 Å². The van der Waals surface area contributed by atoms with Gasteiger partial charge in [0.2, 0.25) is 5.91 Å². The smallest absolute Gasteiger partial charge is 0.348 e. The molecule has 0 aromatic heterocycles. The van der Waals surface area contributed by atoms with Crippen molar-refractivity contribution in [2.75, 3.05) is 0 Å². The Kier molecular flexibility index (Phi) is 7.30. The zero-order valence-corrected chi connectivity index (χ0v) is 17.4. The predicted molar refractivity (Wildman–Crippen MR) is 116 cm³/mol. The molecule has 7 heteroatoms. The van der Waals surface area contributed by atoms with Crippen molar-refractivity contribution in [1.82, 2.24) is 10.6 Å². The third-order valence-corrected chi connectivity index (χ3v) is 5.01. The van der Waals surface area contributed by atoms with Crippen LogP contribution in [0.15, 0.2) is 84.9 Å². The van der Waals surface area contributed by atoms with Crippen LogP contribution in [0.3, 0.4) is 0 Å². The van der Waals surface area contributed by atoms with E-state index in [0.717, 1.165) is 17.7 Å². The van der Waals surface area contributed by atoms with Gasteiger partial charge in [0.05, 0.1) is 11.6 Å². The van der Waals surface area contributed by atoms with Gasteiger partial charge in [-0.25, -0.2) is 0 Å². The zero-order valence-electron chi connectivity index (χ0n) is 17.4. The van der Waals surface area contributed by atoms with Crippen molar-refractivity contribution < 1.29 is 22.8 Å². The molecular formula is C25H23F3N2O2. The molecule has 32 heavy (non-hydrogen) atoms. The highest BCUT2D eigenvalue weighted by Gasteiger charge is 2.31. The Morgan fingerprint density at radius 3 is 2.09 bits per heavy atom. The number of carbonyl (C=O) groups is 2. The van der Waals surface area contributed by atoms with Gasteiger partial charge in [-0.3, -0.25) is 9.59 Å². The summed E-state index contributed by atoms with van der Waals surface area (Å²) in [5.74, 6) is -0.892. The fourth-order valence-electron chi connectivity index (χ4n) is 3.27. The molecule has 0 spiro atoms. The van der Waals surface area contributed by atoms with Crippen LogP contribution in [-0.2, 0) is 17.4 Å². The molecule has 0 unspecified atom stereocenters. The van der Waals surface area contributed by atoms with Crippen LogP contribution < -0.4 is 10.6 Å². The highest BCUT2D eigenvalue weighted by Crippen LogP contribution is 2.30. The summed E-state index contributed by atoms with van der Waals surface area (Å²) in [7, 11) is 0. The Balaban J connectivity index is 1.77. The third kappa shape index (κ3) is 6.20. The molecule has 0 fully saturated rings. The van der Waals surface area contributed by atoms with Gasteiger partial charge in [-0.05, 0) is 42.3 Å². The standard InChI is InChI=1S/C25H23F3N2O2/c1-17(20-13-8-14-21(16-20)25(26,27)28)29-24(32)22(15-18-9-4-2-5-10-18)30-23(31)19-11-6-3-7-12-19/h2-14,16-17,22H,15H2,1H3,(H,29,32)(H,30,31)/t17-,22+/m1/s1. The Labute approximate surface area is 184 Å². The van der Waals surface area contributed by atoms with Gasteiger partial charge >= 0.3 is 6.18 Å². The molecule has 0 bridgehead atoms. The van der Waals surface area contributed by atoms with Crippen LogP contribution in [0.2, 0.25) is 0 Å². The van der Waals surface area contributed by atoms with E-state index >= 15 is 0 Å². The van der Waals surface area contributed by atoms with Gasteiger partial charge in [-0.2, -0.15) is 13.2 Å². The van der Waals surface area contributed by atoms with Crippen molar-refractivity contribution in [3.63, 3.8) is 0 Å². The Morgan fingerprint density at radius 1 is 0.844 bits per heavy atom. The van der Waals surface area contributed by atoms with Crippen LogP contribution >= 0.6 is 0 Å². The maximum Gasteiger partial charge on any atom is 0.416 e. The number of benzene rings is 3. The number of halogens is 3. The number of nitrogens with one attached hydrogen (secondary N) is 2. The second-order valence-corrected chi connectivity index (χ2v) is 7.44. The molecule has 2 N–H and O–H groups in total. The lowest BCUT2D eigenvalue weighted by molar-refractivity contribution is -0.137. The predicted octanol–water partition coefficient (Wildman–Crippen LogP) is 4.92. The van der Waals surface area contributed by atoms with E-state index in [1.54, 1.807) is 37.3 Å². The van der Waals surface area contributed by atoms with Gasteiger partial charge in [0.1, 0.15) is 6.04 Å². The summed E-state index contributed by atoms with van der Waals surface area (Å²) in [6.45, 7) is 1.60. The van der Waals surface area contributed by atoms with E-state index in [1.807, 2.05) is 30.3 Å². The first-order valence-electron chi connectivity index (χ1n) is 10.1. The van der Waals surface area contributed by atoms with E-state index in [4.69, 9.17) is 0 Å². The normalized spacial score (nSPS) is 13.1. The minimum Gasteiger partial charge on any atom is -0.348 e. The van der Waals surface area contributed by atoms with E-state index in [1.165, 1.54) is 12.1 Å². The molecule has 3 rings (SSSR count). The first-order valence-corrected chi connectivity index (χ1v) is 10.1. The van der Waals surface area contributed by atoms with E-state index in [2.05, 4.69) is 10.6 Å². The summed E-state index contributed by atoms with van der Waals surface area (Å²) in [6.07, 6.45) is -4.24. The summed E-state index contributed by atoms with van der Waals surface area (Å²) in [4.78, 5) is 25.7. The molecule has 2 amide bonds. The van der Waals surface area contributed by atoms with E-state index in [9.17, 15) is 22.8 Å². The largest absolute Gasteiger partial charge is 0.416 e. The van der Waals surface area contributed by atoms with E-state index in [-0.39, 0.29) is 6.42 Å². The van der Waals surface area contributed by atoms with Gasteiger partial charge in [0.25, 0.3) is 5.91 Å². The molecule has 3 aromatic rings. The SMILES string of the molecule is C[C@@H](NC(=O)[C@H](Cc1ccccc1)NC(=O)c1ccccc1)c1cccc(C(F)(F)F)c1. The lowest BCUT2D eigenvalue weighted by atomic mass is 10.0. The number of carbonyl (C=O) groups excluding carboxylic acids is 2. The quantitative estimate of drug-likeness (QED) is 0.548.